The molecule has 2 nitrogen and oxygen atoms in total. The summed E-state index contributed by atoms with van der Waals surface area (Å²) in [7, 11) is 1.80. The third-order valence-corrected chi connectivity index (χ3v) is 5.94. The number of ether oxygens (including phenoxy) is 1. The van der Waals surface area contributed by atoms with Crippen LogP contribution >= 0.6 is 22.7 Å². The van der Waals surface area contributed by atoms with Gasteiger partial charge in [-0.25, -0.2) is 0 Å². The van der Waals surface area contributed by atoms with Crippen LogP contribution in [-0.2, 0) is 4.74 Å². The van der Waals surface area contributed by atoms with Gasteiger partial charge in [-0.2, -0.15) is 0 Å². The molecule has 0 fully saturated rings. The molecule has 4 heteroatoms. The van der Waals surface area contributed by atoms with Gasteiger partial charge in [0, 0.05) is 27.4 Å². The fourth-order valence-corrected chi connectivity index (χ4v) is 4.44. The van der Waals surface area contributed by atoms with Gasteiger partial charge in [-0.05, 0) is 57.2 Å². The van der Waals surface area contributed by atoms with E-state index in [1.165, 1.54) is 20.7 Å². The van der Waals surface area contributed by atoms with Crippen molar-refractivity contribution in [2.75, 3.05) is 13.7 Å². The molecule has 0 radical (unpaired) electrons. The SMILES string of the molecule is CCCNC(CCC(C)(C)OC)c1cc2sccc2s1. The lowest BCUT2D eigenvalue weighted by atomic mass is 9.98. The van der Waals surface area contributed by atoms with Gasteiger partial charge in [0.2, 0.25) is 0 Å². The van der Waals surface area contributed by atoms with E-state index in [9.17, 15) is 0 Å². The summed E-state index contributed by atoms with van der Waals surface area (Å²) in [5, 5.41) is 5.87. The second-order valence-electron chi connectivity index (χ2n) is 5.81. The number of thiophene rings is 2. The van der Waals surface area contributed by atoms with Crippen molar-refractivity contribution in [3.8, 4) is 0 Å². The summed E-state index contributed by atoms with van der Waals surface area (Å²) in [6, 6.07) is 5.04. The number of hydrogen-bond donors (Lipinski definition) is 1. The summed E-state index contributed by atoms with van der Waals surface area (Å²) in [5.74, 6) is 0. The molecular formula is C16H25NOS2. The fraction of sp³-hybridized carbons (Fsp3) is 0.625. The Labute approximate surface area is 130 Å². The van der Waals surface area contributed by atoms with Gasteiger partial charge in [0.1, 0.15) is 0 Å². The molecule has 0 aliphatic heterocycles. The molecule has 1 unspecified atom stereocenters. The Morgan fingerprint density at radius 3 is 2.80 bits per heavy atom. The van der Waals surface area contributed by atoms with Gasteiger partial charge in [0.15, 0.2) is 0 Å². The Balaban J connectivity index is 2.08. The van der Waals surface area contributed by atoms with Crippen LogP contribution < -0.4 is 5.32 Å². The maximum atomic E-state index is 5.55. The van der Waals surface area contributed by atoms with Crippen LogP contribution in [0.5, 0.6) is 0 Å². The van der Waals surface area contributed by atoms with E-state index in [0.717, 1.165) is 19.4 Å². The Bertz CT molecular complexity index is 501. The van der Waals surface area contributed by atoms with Crippen molar-refractivity contribution in [2.45, 2.75) is 51.7 Å². The number of fused-ring (bicyclic) bond motifs is 1. The maximum Gasteiger partial charge on any atom is 0.0623 e. The van der Waals surface area contributed by atoms with Crippen LogP contribution in [0.25, 0.3) is 9.40 Å². The number of nitrogens with one attached hydrogen (secondary N) is 1. The van der Waals surface area contributed by atoms with Crippen LogP contribution in [0.4, 0.5) is 0 Å². The molecule has 0 amide bonds. The molecule has 2 rings (SSSR count). The average Bonchev–Trinajstić information content (AvgIpc) is 3.00. The minimum Gasteiger partial charge on any atom is -0.379 e. The van der Waals surface area contributed by atoms with E-state index in [4.69, 9.17) is 4.74 Å². The van der Waals surface area contributed by atoms with Crippen LogP contribution in [0.3, 0.4) is 0 Å². The molecule has 0 aliphatic carbocycles. The van der Waals surface area contributed by atoms with Crippen molar-refractivity contribution < 1.29 is 4.74 Å². The monoisotopic (exact) mass is 311 g/mol. The van der Waals surface area contributed by atoms with Gasteiger partial charge in [-0.3, -0.25) is 0 Å². The number of hydrogen-bond acceptors (Lipinski definition) is 4. The zero-order valence-corrected chi connectivity index (χ0v) is 14.5. The highest BCUT2D eigenvalue weighted by atomic mass is 32.1. The molecule has 0 spiro atoms. The zero-order valence-electron chi connectivity index (χ0n) is 12.9. The molecule has 20 heavy (non-hydrogen) atoms. The lowest BCUT2D eigenvalue weighted by Gasteiger charge is -2.26. The fourth-order valence-electron chi connectivity index (χ4n) is 2.21. The molecule has 2 aromatic heterocycles. The molecule has 2 aromatic rings. The Morgan fingerprint density at radius 1 is 1.35 bits per heavy atom. The average molecular weight is 312 g/mol. The first kappa shape index (κ1) is 16.0. The molecule has 0 saturated carbocycles. The van der Waals surface area contributed by atoms with E-state index in [2.05, 4.69) is 43.6 Å². The highest BCUT2D eigenvalue weighted by Crippen LogP contribution is 2.35. The van der Waals surface area contributed by atoms with Crippen LogP contribution in [0.1, 0.15) is 51.0 Å². The second-order valence-corrected chi connectivity index (χ2v) is 7.87. The summed E-state index contributed by atoms with van der Waals surface area (Å²) in [5.41, 5.74) is -0.0409. The van der Waals surface area contributed by atoms with Gasteiger partial charge < -0.3 is 10.1 Å². The molecule has 0 aliphatic rings. The summed E-state index contributed by atoms with van der Waals surface area (Å²) >= 11 is 3.76. The molecule has 1 N–H and O–H groups in total. The summed E-state index contributed by atoms with van der Waals surface area (Å²) in [4.78, 5) is 1.47. The van der Waals surface area contributed by atoms with Crippen molar-refractivity contribution in [1.29, 1.82) is 0 Å². The lowest BCUT2D eigenvalue weighted by Crippen LogP contribution is -2.27. The van der Waals surface area contributed by atoms with Crippen molar-refractivity contribution in [3.63, 3.8) is 0 Å². The first-order chi connectivity index (χ1) is 9.55. The Kier molecular flexibility index (Phi) is 5.61. The second kappa shape index (κ2) is 7.03. The van der Waals surface area contributed by atoms with Gasteiger partial charge in [0.25, 0.3) is 0 Å². The van der Waals surface area contributed by atoms with Crippen LogP contribution in [0, 0.1) is 0 Å². The largest absolute Gasteiger partial charge is 0.379 e. The molecule has 0 saturated heterocycles. The van der Waals surface area contributed by atoms with Gasteiger partial charge in [-0.1, -0.05) is 6.92 Å². The normalized spacial score (nSPS) is 14.0. The minimum atomic E-state index is -0.0409. The molecular weight excluding hydrogens is 286 g/mol. The standard InChI is InChI=1S/C16H25NOS2/c1-5-9-17-12(6-8-16(2,3)18-4)14-11-15-13(20-14)7-10-19-15/h7,10-12,17H,5-6,8-9H2,1-4H3. The first-order valence-corrected chi connectivity index (χ1v) is 9.01. The Hall–Kier alpha value is -0.420. The van der Waals surface area contributed by atoms with Gasteiger partial charge in [0.05, 0.1) is 5.60 Å². The van der Waals surface area contributed by atoms with E-state index in [1.54, 1.807) is 7.11 Å². The van der Waals surface area contributed by atoms with E-state index >= 15 is 0 Å². The predicted molar refractivity (Wildman–Crippen MR) is 91.1 cm³/mol. The maximum absolute atomic E-state index is 5.55. The lowest BCUT2D eigenvalue weighted by molar-refractivity contribution is 0.0117. The quantitative estimate of drug-likeness (QED) is 0.722. The third-order valence-electron chi connectivity index (χ3n) is 3.73. The van der Waals surface area contributed by atoms with Crippen LogP contribution in [-0.4, -0.2) is 19.3 Å². The highest BCUT2D eigenvalue weighted by Gasteiger charge is 2.21. The van der Waals surface area contributed by atoms with Crippen molar-refractivity contribution in [3.05, 3.63) is 22.4 Å². The van der Waals surface area contributed by atoms with Gasteiger partial charge in [-0.15, -0.1) is 22.7 Å². The molecule has 2 heterocycles. The number of rotatable bonds is 8. The molecule has 0 bridgehead atoms. The predicted octanol–water partition coefficient (Wildman–Crippen LogP) is 5.21. The zero-order chi connectivity index (χ0) is 14.6. The highest BCUT2D eigenvalue weighted by molar-refractivity contribution is 7.26. The Morgan fingerprint density at radius 2 is 2.15 bits per heavy atom. The van der Waals surface area contributed by atoms with Crippen LogP contribution in [0.15, 0.2) is 17.5 Å². The van der Waals surface area contributed by atoms with Crippen molar-refractivity contribution in [1.82, 2.24) is 5.32 Å². The topological polar surface area (TPSA) is 21.3 Å². The summed E-state index contributed by atoms with van der Waals surface area (Å²) < 4.78 is 8.38. The first-order valence-electron chi connectivity index (χ1n) is 7.31. The van der Waals surface area contributed by atoms with E-state index < -0.39 is 0 Å². The number of methoxy groups -OCH3 is 1. The minimum absolute atomic E-state index is 0.0409. The van der Waals surface area contributed by atoms with E-state index in [1.807, 2.05) is 22.7 Å². The van der Waals surface area contributed by atoms with Gasteiger partial charge >= 0.3 is 0 Å². The summed E-state index contributed by atoms with van der Waals surface area (Å²) in [6.45, 7) is 7.62. The van der Waals surface area contributed by atoms with Crippen molar-refractivity contribution >= 4 is 32.1 Å². The molecule has 112 valence electrons. The molecule has 0 aromatic carbocycles. The third kappa shape index (κ3) is 4.04. The van der Waals surface area contributed by atoms with Crippen molar-refractivity contribution in [2.24, 2.45) is 0 Å². The smallest absolute Gasteiger partial charge is 0.0623 e. The molecule has 1 atom stereocenters. The van der Waals surface area contributed by atoms with E-state index in [-0.39, 0.29) is 5.60 Å². The van der Waals surface area contributed by atoms with E-state index in [0.29, 0.717) is 6.04 Å². The van der Waals surface area contributed by atoms with Crippen LogP contribution in [0.2, 0.25) is 0 Å². The summed E-state index contributed by atoms with van der Waals surface area (Å²) in [6.07, 6.45) is 3.36.